The quantitative estimate of drug-likeness (QED) is 0.576. The molecule has 0 aliphatic heterocycles. The number of hydrogen-bond donors (Lipinski definition) is 0. The van der Waals surface area contributed by atoms with E-state index in [1.807, 2.05) is 12.3 Å². The van der Waals surface area contributed by atoms with Crippen LogP contribution in [-0.2, 0) is 0 Å². The first kappa shape index (κ1) is 9.82. The van der Waals surface area contributed by atoms with Crippen molar-refractivity contribution in [3.05, 3.63) is 48.8 Å². The monoisotopic (exact) mass is 333 g/mol. The third-order valence-electron chi connectivity index (χ3n) is 2.49. The minimum absolute atomic E-state index is 1.08. The molecule has 3 heteroatoms. The van der Waals surface area contributed by atoms with Crippen molar-refractivity contribution in [3.63, 3.8) is 0 Å². The SMILES string of the molecule is [Eu][n+]1cccc2ccc3cccnc3c21. The molecule has 2 aromatic heterocycles. The maximum absolute atomic E-state index is 4.46. The fourth-order valence-electron chi connectivity index (χ4n) is 1.80. The molecule has 2 nitrogen and oxygen atoms in total. The Morgan fingerprint density at radius 1 is 1.00 bits per heavy atom. The Balaban J connectivity index is 2.64. The van der Waals surface area contributed by atoms with Crippen LogP contribution >= 0.6 is 0 Å². The second kappa shape index (κ2) is 3.89. The van der Waals surface area contributed by atoms with Crippen LogP contribution in [0, 0.1) is 47.5 Å². The molecule has 15 heavy (non-hydrogen) atoms. The summed E-state index contributed by atoms with van der Waals surface area (Å²) >= 11 is 1.62. The first-order valence-corrected chi connectivity index (χ1v) is 5.79. The normalized spacial score (nSPS) is 11.0. The van der Waals surface area contributed by atoms with Crippen LogP contribution in [0.1, 0.15) is 0 Å². The summed E-state index contributed by atoms with van der Waals surface area (Å²) in [4.78, 5) is 4.46. The second-order valence-electron chi connectivity index (χ2n) is 3.40. The zero-order valence-electron chi connectivity index (χ0n) is 7.89. The van der Waals surface area contributed by atoms with Gasteiger partial charge in [-0.05, 0) is 0 Å². The van der Waals surface area contributed by atoms with Crippen LogP contribution in [0.4, 0.5) is 0 Å². The number of rotatable bonds is 0. The van der Waals surface area contributed by atoms with Gasteiger partial charge in [0.1, 0.15) is 0 Å². The molecule has 0 amide bonds. The van der Waals surface area contributed by atoms with Crippen molar-refractivity contribution >= 4 is 21.8 Å². The van der Waals surface area contributed by atoms with Gasteiger partial charge < -0.3 is 0 Å². The average molecular weight is 332 g/mol. The second-order valence-corrected chi connectivity index (χ2v) is 4.57. The predicted octanol–water partition coefficient (Wildman–Crippen LogP) is 1.99. The maximum atomic E-state index is 4.46. The van der Waals surface area contributed by atoms with Crippen molar-refractivity contribution in [1.29, 1.82) is 0 Å². The first-order chi connectivity index (χ1) is 7.36. The number of aromatic nitrogens is 2. The van der Waals surface area contributed by atoms with Gasteiger partial charge in [-0.3, -0.25) is 0 Å². The standard InChI is InChI=1S/C12H8N2.Eu/c1-3-9-5-6-10-4-2-8-14-12(10)11(9)13-7-1;/h1-8H;/q;+1. The number of pyridine rings is 2. The summed E-state index contributed by atoms with van der Waals surface area (Å²) < 4.78 is 2.17. The van der Waals surface area contributed by atoms with E-state index in [-0.39, 0.29) is 0 Å². The van der Waals surface area contributed by atoms with Crippen LogP contribution in [0.5, 0.6) is 0 Å². The number of nitrogens with zero attached hydrogens (tertiary/aromatic N) is 2. The van der Waals surface area contributed by atoms with Gasteiger partial charge in [0.2, 0.25) is 0 Å². The van der Waals surface area contributed by atoms with Crippen LogP contribution in [0.2, 0.25) is 0 Å². The average Bonchev–Trinajstić information content (AvgIpc) is 2.29. The van der Waals surface area contributed by atoms with Gasteiger partial charge in [-0.1, -0.05) is 0 Å². The molecule has 0 spiro atoms. The van der Waals surface area contributed by atoms with Gasteiger partial charge in [0.25, 0.3) is 0 Å². The van der Waals surface area contributed by atoms with Gasteiger partial charge in [0.05, 0.1) is 0 Å². The van der Waals surface area contributed by atoms with E-state index in [9.17, 15) is 0 Å². The Morgan fingerprint density at radius 3 is 2.73 bits per heavy atom. The van der Waals surface area contributed by atoms with E-state index in [0.29, 0.717) is 0 Å². The number of benzene rings is 1. The Kier molecular flexibility index (Phi) is 2.55. The van der Waals surface area contributed by atoms with Crippen molar-refractivity contribution in [2.24, 2.45) is 0 Å². The van der Waals surface area contributed by atoms with Gasteiger partial charge in [-0.25, -0.2) is 0 Å². The van der Waals surface area contributed by atoms with Gasteiger partial charge in [-0.2, -0.15) is 0 Å². The zero-order valence-corrected chi connectivity index (χ0v) is 10.3. The van der Waals surface area contributed by atoms with Crippen molar-refractivity contribution in [2.75, 3.05) is 0 Å². The molecule has 0 saturated heterocycles. The number of hydrogen-bond acceptors (Lipinski definition) is 1. The topological polar surface area (TPSA) is 16.8 Å². The number of fused-ring (bicyclic) bond motifs is 3. The van der Waals surface area contributed by atoms with E-state index in [1.165, 1.54) is 16.3 Å². The Morgan fingerprint density at radius 2 is 1.80 bits per heavy atom. The molecule has 0 fully saturated rings. The summed E-state index contributed by atoms with van der Waals surface area (Å²) in [5.41, 5.74) is 2.30. The van der Waals surface area contributed by atoms with Crippen LogP contribution < -0.4 is -0.487 Å². The summed E-state index contributed by atoms with van der Waals surface area (Å²) in [6.07, 6.45) is 3.92. The summed E-state index contributed by atoms with van der Waals surface area (Å²) in [6, 6.07) is 12.5. The molecule has 0 aliphatic rings. The molecular formula is C12H8EuN2+. The van der Waals surface area contributed by atoms with Gasteiger partial charge in [0, 0.05) is 0 Å². The zero-order chi connectivity index (χ0) is 10.3. The fourth-order valence-corrected chi connectivity index (χ4v) is 2.58. The van der Waals surface area contributed by atoms with Crippen LogP contribution in [0.15, 0.2) is 48.8 Å². The minimum atomic E-state index is 1.08. The van der Waals surface area contributed by atoms with Gasteiger partial charge in [-0.15, -0.1) is 0 Å². The molecule has 72 valence electrons. The van der Waals surface area contributed by atoms with Gasteiger partial charge >= 0.3 is 123 Å². The Bertz CT molecular complexity index is 649. The first-order valence-electron chi connectivity index (χ1n) is 4.70. The van der Waals surface area contributed by atoms with E-state index in [1.54, 1.807) is 47.5 Å². The van der Waals surface area contributed by atoms with E-state index < -0.39 is 0 Å². The summed E-state index contributed by atoms with van der Waals surface area (Å²) in [7, 11) is 0. The molecule has 2 heterocycles. The molecule has 1 aromatic carbocycles. The van der Waals surface area contributed by atoms with Crippen LogP contribution in [0.25, 0.3) is 21.8 Å². The van der Waals surface area contributed by atoms with Crippen molar-refractivity contribution in [1.82, 2.24) is 4.98 Å². The third-order valence-corrected chi connectivity index (χ3v) is 3.39. The van der Waals surface area contributed by atoms with Crippen molar-refractivity contribution in [3.8, 4) is 0 Å². The van der Waals surface area contributed by atoms with Gasteiger partial charge in [0.15, 0.2) is 0 Å². The van der Waals surface area contributed by atoms with E-state index in [0.717, 1.165) is 5.52 Å². The van der Waals surface area contributed by atoms with Crippen molar-refractivity contribution < 1.29 is 47.0 Å². The molecule has 3 rings (SSSR count). The predicted molar refractivity (Wildman–Crippen MR) is 54.8 cm³/mol. The molecule has 0 bridgehead atoms. The summed E-state index contributed by atoms with van der Waals surface area (Å²) in [5.74, 6) is 0. The van der Waals surface area contributed by atoms with Crippen LogP contribution in [-0.4, -0.2) is 4.98 Å². The molecule has 0 saturated carbocycles. The molecule has 0 radical (unpaired) electrons. The molecule has 0 N–H and O–H groups in total. The Hall–Kier alpha value is -0.376. The Labute approximate surface area is 121 Å². The third kappa shape index (κ3) is 1.63. The molecule has 0 atom stereocenters. The van der Waals surface area contributed by atoms with Crippen molar-refractivity contribution in [2.45, 2.75) is 0 Å². The van der Waals surface area contributed by atoms with E-state index >= 15 is 0 Å². The summed E-state index contributed by atoms with van der Waals surface area (Å²) in [5, 5.41) is 2.44. The summed E-state index contributed by atoms with van der Waals surface area (Å²) in [6.45, 7) is 0. The molecule has 0 unspecified atom stereocenters. The van der Waals surface area contributed by atoms with Crippen LogP contribution in [0.3, 0.4) is 0 Å². The van der Waals surface area contributed by atoms with E-state index in [4.69, 9.17) is 0 Å². The molecule has 3 aromatic rings. The molecule has 0 aliphatic carbocycles. The van der Waals surface area contributed by atoms with E-state index in [2.05, 4.69) is 41.0 Å². The fraction of sp³-hybridized carbons (Fsp3) is 0. The molecular weight excluding hydrogens is 324 g/mol.